The summed E-state index contributed by atoms with van der Waals surface area (Å²) in [6.07, 6.45) is 0. The number of halogens is 1. The number of hydrogen-bond donors (Lipinski definition) is 4. The fraction of sp³-hybridized carbons (Fsp3) is 0.364. The number of hydrogen-bond acceptors (Lipinski definition) is 13. The SMILES string of the molecule is Cn1nnnc1SCC1(C(=O)O)CS[C@@H]2C(NC(=O)C(Sc3cc(Cl)ccc3C(=O)O)c3csc(N)n3)C(=O)N2C1. The average molecular weight is 657 g/mol. The number of nitrogens with one attached hydrogen (secondary N) is 1. The van der Waals surface area contributed by atoms with Gasteiger partial charge in [-0.05, 0) is 28.6 Å². The van der Waals surface area contributed by atoms with Crippen LogP contribution in [0.4, 0.5) is 5.13 Å². The fourth-order valence-electron chi connectivity index (χ4n) is 4.25. The molecule has 2 amide bonds. The van der Waals surface area contributed by atoms with Crippen molar-refractivity contribution in [3.63, 3.8) is 0 Å². The highest BCUT2D eigenvalue weighted by molar-refractivity contribution is 8.01. The van der Waals surface area contributed by atoms with Crippen LogP contribution in [0.2, 0.25) is 5.02 Å². The quantitative estimate of drug-likeness (QED) is 0.181. The number of aliphatic carboxylic acids is 1. The zero-order valence-electron chi connectivity index (χ0n) is 21.0. The van der Waals surface area contributed by atoms with Gasteiger partial charge in [0.15, 0.2) is 5.13 Å². The van der Waals surface area contributed by atoms with E-state index in [1.165, 1.54) is 51.3 Å². The van der Waals surface area contributed by atoms with Crippen LogP contribution >= 0.6 is 58.2 Å². The van der Waals surface area contributed by atoms with Gasteiger partial charge in [0.25, 0.3) is 0 Å². The smallest absolute Gasteiger partial charge is 0.336 e. The van der Waals surface area contributed by atoms with E-state index in [9.17, 15) is 29.4 Å². The number of aromatic nitrogens is 5. The monoisotopic (exact) mass is 656 g/mol. The Kier molecular flexibility index (Phi) is 8.38. The zero-order valence-corrected chi connectivity index (χ0v) is 25.0. The van der Waals surface area contributed by atoms with Gasteiger partial charge < -0.3 is 26.2 Å². The van der Waals surface area contributed by atoms with Crippen LogP contribution in [0.15, 0.2) is 33.6 Å². The molecular formula is C22H21ClN8O6S4. The van der Waals surface area contributed by atoms with Crippen LogP contribution in [0.25, 0.3) is 0 Å². The van der Waals surface area contributed by atoms with Gasteiger partial charge in [0.2, 0.25) is 17.0 Å². The molecule has 4 heterocycles. The topological polar surface area (TPSA) is 207 Å². The number of carbonyl (C=O) groups is 4. The van der Waals surface area contributed by atoms with Crippen LogP contribution in [0.5, 0.6) is 0 Å². The lowest BCUT2D eigenvalue weighted by Crippen LogP contribution is -2.74. The predicted octanol–water partition coefficient (Wildman–Crippen LogP) is 1.70. The molecule has 0 saturated carbocycles. The molecule has 5 rings (SSSR count). The Balaban J connectivity index is 1.31. The number of thioether (sulfide) groups is 3. The number of nitrogen functional groups attached to an aromatic ring is 1. The Bertz CT molecular complexity index is 1540. The highest BCUT2D eigenvalue weighted by Gasteiger charge is 2.57. The van der Waals surface area contributed by atoms with Crippen molar-refractivity contribution in [2.45, 2.75) is 26.7 Å². The molecule has 2 saturated heterocycles. The molecule has 0 radical (unpaired) electrons. The number of fused-ring (bicyclic) bond motifs is 1. The van der Waals surface area contributed by atoms with Gasteiger partial charge in [-0.15, -0.1) is 40.0 Å². The van der Waals surface area contributed by atoms with Crippen molar-refractivity contribution >= 4 is 87.1 Å². The minimum absolute atomic E-state index is 0.0330. The molecule has 2 aromatic heterocycles. The largest absolute Gasteiger partial charge is 0.481 e. The number of nitrogens with two attached hydrogens (primary N) is 1. The number of aromatic carboxylic acids is 1. The van der Waals surface area contributed by atoms with Gasteiger partial charge in [-0.2, -0.15) is 0 Å². The Labute approximate surface area is 253 Å². The molecule has 0 aliphatic carbocycles. The molecule has 2 aliphatic rings. The maximum Gasteiger partial charge on any atom is 0.336 e. The number of anilines is 1. The Hall–Kier alpha value is -3.06. The van der Waals surface area contributed by atoms with Gasteiger partial charge in [-0.1, -0.05) is 23.4 Å². The summed E-state index contributed by atoms with van der Waals surface area (Å²) < 4.78 is 1.44. The Morgan fingerprint density at radius 2 is 2.12 bits per heavy atom. The van der Waals surface area contributed by atoms with Crippen molar-refractivity contribution in [1.82, 2.24) is 35.4 Å². The number of rotatable bonds is 10. The summed E-state index contributed by atoms with van der Waals surface area (Å²) in [4.78, 5) is 56.7. The number of β-lactam (4-membered cyclic amide) rings is 1. The molecule has 216 valence electrons. The van der Waals surface area contributed by atoms with E-state index in [1.807, 2.05) is 0 Å². The van der Waals surface area contributed by atoms with Gasteiger partial charge in [-0.25, -0.2) is 14.5 Å². The standard InChI is InChI=1S/C22H21ClN8O6S4/c1-30-21(27-28-29-30)40-8-22(19(36)37)6-31-16(33)13(17(31)39-7-22)26-15(32)14(11-5-38-20(24)25-11)41-12-4-9(23)2-3-10(12)18(34)35/h2-5,13-14,17H,6-8H2,1H3,(H2,24,25)(H,26,32)(H,34,35)(H,36,37)/t13?,14?,17-,22?/m1/s1. The van der Waals surface area contributed by atoms with E-state index in [2.05, 4.69) is 25.8 Å². The van der Waals surface area contributed by atoms with E-state index in [1.54, 1.807) is 12.4 Å². The number of amides is 2. The van der Waals surface area contributed by atoms with Crippen LogP contribution in [-0.4, -0.2) is 93.5 Å². The highest BCUT2D eigenvalue weighted by Crippen LogP contribution is 2.45. The van der Waals surface area contributed by atoms with E-state index in [-0.39, 0.29) is 38.7 Å². The molecule has 1 aromatic carbocycles. The van der Waals surface area contributed by atoms with E-state index >= 15 is 0 Å². The van der Waals surface area contributed by atoms with Gasteiger partial charge in [0, 0.05) is 40.4 Å². The van der Waals surface area contributed by atoms with Crippen LogP contribution in [0, 0.1) is 5.41 Å². The summed E-state index contributed by atoms with van der Waals surface area (Å²) in [6.45, 7) is -0.0330. The van der Waals surface area contributed by atoms with Gasteiger partial charge in [0.05, 0.1) is 11.3 Å². The molecule has 0 spiro atoms. The van der Waals surface area contributed by atoms with Crippen LogP contribution in [-0.2, 0) is 21.4 Å². The second-order valence-electron chi connectivity index (χ2n) is 9.17. The third-order valence-electron chi connectivity index (χ3n) is 6.42. The van der Waals surface area contributed by atoms with Crippen molar-refractivity contribution in [3.8, 4) is 0 Å². The van der Waals surface area contributed by atoms with Crippen molar-refractivity contribution in [2.24, 2.45) is 12.5 Å². The summed E-state index contributed by atoms with van der Waals surface area (Å²) in [6, 6.07) is 3.33. The molecular weight excluding hydrogens is 636 g/mol. The molecule has 14 nitrogen and oxygen atoms in total. The molecule has 2 fully saturated rings. The number of benzene rings is 1. The number of carboxylic acids is 2. The lowest BCUT2D eigenvalue weighted by molar-refractivity contribution is -0.157. The van der Waals surface area contributed by atoms with Crippen molar-refractivity contribution < 1.29 is 29.4 Å². The first-order chi connectivity index (χ1) is 19.5. The number of carbonyl (C=O) groups excluding carboxylic acids is 2. The summed E-state index contributed by atoms with van der Waals surface area (Å²) >= 11 is 10.6. The maximum absolute atomic E-state index is 13.6. The van der Waals surface area contributed by atoms with Gasteiger partial charge in [0.1, 0.15) is 22.1 Å². The van der Waals surface area contributed by atoms with Crippen molar-refractivity contribution in [2.75, 3.05) is 23.8 Å². The fourth-order valence-corrected chi connectivity index (χ4v) is 9.02. The summed E-state index contributed by atoms with van der Waals surface area (Å²) in [5.41, 5.74) is 4.81. The zero-order chi connectivity index (χ0) is 29.5. The van der Waals surface area contributed by atoms with Crippen molar-refractivity contribution in [1.29, 1.82) is 0 Å². The molecule has 3 aromatic rings. The van der Waals surface area contributed by atoms with Crippen LogP contribution < -0.4 is 11.1 Å². The number of nitrogens with zero attached hydrogens (tertiary/aromatic N) is 6. The molecule has 5 N–H and O–H groups in total. The Morgan fingerprint density at radius 3 is 2.76 bits per heavy atom. The lowest BCUT2D eigenvalue weighted by Gasteiger charge is -2.53. The number of tetrazole rings is 1. The number of carboxylic acid groups (broad SMARTS) is 2. The maximum atomic E-state index is 13.6. The first kappa shape index (κ1) is 29.4. The van der Waals surface area contributed by atoms with E-state index in [0.717, 1.165) is 23.1 Å². The minimum atomic E-state index is -1.24. The minimum Gasteiger partial charge on any atom is -0.481 e. The van der Waals surface area contributed by atoms with Crippen LogP contribution in [0.3, 0.4) is 0 Å². The van der Waals surface area contributed by atoms with Gasteiger partial charge in [-0.3, -0.25) is 14.4 Å². The van der Waals surface area contributed by atoms with E-state index in [4.69, 9.17) is 17.3 Å². The summed E-state index contributed by atoms with van der Waals surface area (Å²) in [7, 11) is 1.65. The highest BCUT2D eigenvalue weighted by atomic mass is 35.5. The van der Waals surface area contributed by atoms with Gasteiger partial charge >= 0.3 is 11.9 Å². The second kappa shape index (κ2) is 11.7. The predicted molar refractivity (Wildman–Crippen MR) is 153 cm³/mol. The molecule has 4 atom stereocenters. The average Bonchev–Trinajstić information content (AvgIpc) is 3.55. The van der Waals surface area contributed by atoms with E-state index < -0.39 is 45.8 Å². The summed E-state index contributed by atoms with van der Waals surface area (Å²) in [5.74, 6) is -2.88. The lowest BCUT2D eigenvalue weighted by atomic mass is 9.89. The van der Waals surface area contributed by atoms with Crippen molar-refractivity contribution in [3.05, 3.63) is 39.9 Å². The van der Waals surface area contributed by atoms with Crippen LogP contribution in [0.1, 0.15) is 21.3 Å². The molecule has 19 heteroatoms. The number of aryl methyl sites for hydroxylation is 1. The second-order valence-corrected chi connectivity index (χ2v) is 13.7. The molecule has 0 bridgehead atoms. The Morgan fingerprint density at radius 1 is 1.34 bits per heavy atom. The summed E-state index contributed by atoms with van der Waals surface area (Å²) in [5, 5.41) is 34.7. The molecule has 41 heavy (non-hydrogen) atoms. The first-order valence-electron chi connectivity index (χ1n) is 11.7. The van der Waals surface area contributed by atoms with E-state index in [0.29, 0.717) is 10.9 Å². The number of thiazole rings is 1. The third-order valence-corrected chi connectivity index (χ3v) is 11.5. The molecule has 3 unspecified atom stereocenters. The first-order valence-corrected chi connectivity index (χ1v) is 15.9. The third kappa shape index (κ3) is 5.83. The molecule has 2 aliphatic heterocycles. The normalized spacial score (nSPS) is 22.5.